The van der Waals surface area contributed by atoms with Crippen LogP contribution < -0.4 is 9.64 Å². The van der Waals surface area contributed by atoms with Crippen LogP contribution in [0.2, 0.25) is 0 Å². The zero-order valence-corrected chi connectivity index (χ0v) is 17.1. The molecule has 1 amide bonds. The highest BCUT2D eigenvalue weighted by Gasteiger charge is 2.44. The summed E-state index contributed by atoms with van der Waals surface area (Å²) >= 11 is 0.648. The number of thiazole rings is 1. The average Bonchev–Trinajstić information content (AvgIpc) is 3.25. The molecule has 1 heterocycles. The number of benzene rings is 2. The molecule has 0 aliphatic carbocycles. The molecule has 172 valence electrons. The maximum Gasteiger partial charge on any atom is 0.420 e. The fraction of sp³-hybridized carbons (Fsp3) is 0.150. The van der Waals surface area contributed by atoms with Crippen molar-refractivity contribution in [3.8, 4) is 22.4 Å². The molecule has 0 aliphatic heterocycles. The van der Waals surface area contributed by atoms with E-state index in [1.807, 2.05) is 0 Å². The average molecular weight is 489 g/mol. The minimum atomic E-state index is -5.38. The Morgan fingerprint density at radius 1 is 1.09 bits per heavy atom. The van der Waals surface area contributed by atoms with E-state index in [1.54, 1.807) is 0 Å². The number of carbonyl (C=O) groups is 1. The molecule has 3 aromatic rings. The number of hydrogen-bond acceptors (Lipinski definition) is 5. The minimum Gasteiger partial charge on any atom is -0.408 e. The molecule has 13 heteroatoms. The lowest BCUT2D eigenvalue weighted by molar-refractivity contribution is -0.143. The van der Waals surface area contributed by atoms with E-state index in [2.05, 4.69) is 4.98 Å². The van der Waals surface area contributed by atoms with Gasteiger partial charge in [-0.25, -0.2) is 14.2 Å². The van der Waals surface area contributed by atoms with Gasteiger partial charge in [-0.15, -0.1) is 11.3 Å². The van der Waals surface area contributed by atoms with Crippen molar-refractivity contribution in [1.82, 2.24) is 4.98 Å². The summed E-state index contributed by atoms with van der Waals surface area (Å²) < 4.78 is 99.9. The summed E-state index contributed by atoms with van der Waals surface area (Å²) in [7, 11) is 1.10. The second-order valence-corrected chi connectivity index (χ2v) is 7.29. The number of alkyl halides is 6. The molecule has 2 aromatic carbocycles. The highest BCUT2D eigenvalue weighted by atomic mass is 32.1. The molecule has 33 heavy (non-hydrogen) atoms. The van der Waals surface area contributed by atoms with Gasteiger partial charge < -0.3 is 4.74 Å². The molecule has 5 nitrogen and oxygen atoms in total. The van der Waals surface area contributed by atoms with Crippen molar-refractivity contribution in [3.63, 3.8) is 0 Å². The number of aromatic nitrogens is 1. The lowest BCUT2D eigenvalue weighted by Gasteiger charge is -2.23. The topological polar surface area (TPSA) is 66.2 Å². The molecule has 0 atom stereocenters. The Balaban J connectivity index is 2.25. The number of rotatable bonds is 3. The van der Waals surface area contributed by atoms with Crippen LogP contribution in [0.1, 0.15) is 16.7 Å². The van der Waals surface area contributed by atoms with Gasteiger partial charge in [0.05, 0.1) is 22.3 Å². The maximum atomic E-state index is 13.8. The van der Waals surface area contributed by atoms with E-state index in [4.69, 9.17) is 4.74 Å². The Bertz CT molecular complexity index is 1210. The van der Waals surface area contributed by atoms with Crippen LogP contribution in [0, 0.1) is 17.1 Å². The van der Waals surface area contributed by atoms with Crippen LogP contribution >= 0.6 is 11.3 Å². The first-order chi connectivity index (χ1) is 15.3. The van der Waals surface area contributed by atoms with Crippen molar-refractivity contribution in [2.24, 2.45) is 0 Å². The van der Waals surface area contributed by atoms with Crippen LogP contribution in [0.5, 0.6) is 5.75 Å². The van der Waals surface area contributed by atoms with E-state index >= 15 is 0 Å². The fourth-order valence-electron chi connectivity index (χ4n) is 2.80. The van der Waals surface area contributed by atoms with E-state index in [0.717, 1.165) is 42.4 Å². The van der Waals surface area contributed by atoms with Gasteiger partial charge in [-0.2, -0.15) is 31.6 Å². The summed E-state index contributed by atoms with van der Waals surface area (Å²) in [5, 5.41) is 10.3. The monoisotopic (exact) mass is 489 g/mol. The third-order valence-corrected chi connectivity index (χ3v) is 5.12. The Hall–Kier alpha value is -3.66. The van der Waals surface area contributed by atoms with E-state index in [-0.39, 0.29) is 11.8 Å². The van der Waals surface area contributed by atoms with Crippen LogP contribution in [-0.4, -0.2) is 18.1 Å². The van der Waals surface area contributed by atoms with Crippen molar-refractivity contribution < 1.29 is 40.3 Å². The zero-order valence-electron chi connectivity index (χ0n) is 16.3. The van der Waals surface area contributed by atoms with Crippen molar-refractivity contribution >= 4 is 23.1 Å². The molecule has 0 unspecified atom stereocenters. The molecule has 0 N–H and O–H groups in total. The summed E-state index contributed by atoms with van der Waals surface area (Å²) in [6.07, 6.45) is -11.0. The number of hydrogen-bond donors (Lipinski definition) is 0. The van der Waals surface area contributed by atoms with Crippen LogP contribution in [0.3, 0.4) is 0 Å². The number of carbonyl (C=O) groups excluding carboxylic acids is 1. The van der Waals surface area contributed by atoms with Gasteiger partial charge in [0.2, 0.25) is 0 Å². The molecule has 1 aromatic heterocycles. The van der Waals surface area contributed by atoms with Gasteiger partial charge in [0, 0.05) is 24.3 Å². The van der Waals surface area contributed by atoms with Gasteiger partial charge in [-0.3, -0.25) is 4.90 Å². The molecule has 0 radical (unpaired) electrons. The molecule has 3 rings (SSSR count). The highest BCUT2D eigenvalue weighted by molar-refractivity contribution is 7.13. The molecular formula is C20H10F7N3O2S. The van der Waals surface area contributed by atoms with Gasteiger partial charge in [0.1, 0.15) is 16.9 Å². The van der Waals surface area contributed by atoms with Crippen molar-refractivity contribution in [1.29, 1.82) is 5.26 Å². The van der Waals surface area contributed by atoms with E-state index in [9.17, 15) is 40.8 Å². The summed E-state index contributed by atoms with van der Waals surface area (Å²) in [5.41, 5.74) is -5.85. The molecule has 0 aliphatic rings. The van der Waals surface area contributed by atoms with E-state index < -0.39 is 57.3 Å². The first-order valence-electron chi connectivity index (χ1n) is 8.71. The molecule has 0 bridgehead atoms. The standard InChI is InChI=1S/C20H10F7N3O2S/c1-30(11-4-2-10(21)3-5-11)18(31)32-16-14(20(25,26)27)8-13(19(22,23)24)12(9-28)15(16)17-29-6-7-33-17/h2-8H,1H3. The number of amides is 1. The Labute approximate surface area is 185 Å². The molecule has 0 fully saturated rings. The van der Waals surface area contributed by atoms with Gasteiger partial charge in [0.25, 0.3) is 0 Å². The second-order valence-electron chi connectivity index (χ2n) is 6.40. The first-order valence-corrected chi connectivity index (χ1v) is 9.59. The van der Waals surface area contributed by atoms with E-state index in [0.29, 0.717) is 11.3 Å². The zero-order chi connectivity index (χ0) is 24.6. The largest absolute Gasteiger partial charge is 0.420 e. The number of ether oxygens (including phenoxy) is 1. The van der Waals surface area contributed by atoms with Crippen LogP contribution in [0.25, 0.3) is 10.6 Å². The Morgan fingerprint density at radius 2 is 1.70 bits per heavy atom. The number of nitrogens with zero attached hydrogens (tertiary/aromatic N) is 3. The Morgan fingerprint density at radius 3 is 2.18 bits per heavy atom. The van der Waals surface area contributed by atoms with Gasteiger partial charge >= 0.3 is 18.4 Å². The van der Waals surface area contributed by atoms with Crippen molar-refractivity contribution in [3.05, 3.63) is 64.4 Å². The maximum absolute atomic E-state index is 13.8. The Kier molecular flexibility index (Phi) is 6.33. The van der Waals surface area contributed by atoms with Gasteiger partial charge in [0.15, 0.2) is 5.75 Å². The molecule has 0 saturated carbocycles. The fourth-order valence-corrected chi connectivity index (χ4v) is 3.48. The van der Waals surface area contributed by atoms with Crippen LogP contribution in [-0.2, 0) is 12.4 Å². The summed E-state index contributed by atoms with van der Waals surface area (Å²) in [5.74, 6) is -1.95. The predicted octanol–water partition coefficient (Wildman–Crippen LogP) is 6.49. The normalized spacial score (nSPS) is 11.7. The quantitative estimate of drug-likeness (QED) is 0.395. The smallest absolute Gasteiger partial charge is 0.408 e. The summed E-state index contributed by atoms with van der Waals surface area (Å²) in [4.78, 5) is 17.0. The number of nitriles is 1. The highest BCUT2D eigenvalue weighted by Crippen LogP contribution is 2.49. The lowest BCUT2D eigenvalue weighted by Crippen LogP contribution is -2.30. The van der Waals surface area contributed by atoms with Crippen molar-refractivity contribution in [2.75, 3.05) is 11.9 Å². The van der Waals surface area contributed by atoms with Crippen LogP contribution in [0.15, 0.2) is 41.9 Å². The van der Waals surface area contributed by atoms with Gasteiger partial charge in [-0.1, -0.05) is 0 Å². The lowest BCUT2D eigenvalue weighted by atomic mass is 9.96. The summed E-state index contributed by atoms with van der Waals surface area (Å²) in [6.45, 7) is 0. The second kappa shape index (κ2) is 8.70. The third-order valence-electron chi connectivity index (χ3n) is 4.33. The minimum absolute atomic E-state index is 0.0261. The van der Waals surface area contributed by atoms with Crippen LogP contribution in [0.4, 0.5) is 41.2 Å². The van der Waals surface area contributed by atoms with Gasteiger partial charge in [-0.05, 0) is 30.3 Å². The first kappa shape index (κ1) is 24.0. The SMILES string of the molecule is CN(C(=O)Oc1c(C(F)(F)F)cc(C(F)(F)F)c(C#N)c1-c1nccs1)c1ccc(F)cc1. The summed E-state index contributed by atoms with van der Waals surface area (Å²) in [6, 6.07) is 5.20. The van der Waals surface area contributed by atoms with Crippen molar-refractivity contribution in [2.45, 2.75) is 12.4 Å². The van der Waals surface area contributed by atoms with E-state index in [1.165, 1.54) is 11.4 Å². The molecule has 0 spiro atoms. The number of halogens is 7. The molecular weight excluding hydrogens is 479 g/mol. The third kappa shape index (κ3) is 4.90. The predicted molar refractivity (Wildman–Crippen MR) is 103 cm³/mol. The molecule has 0 saturated heterocycles. The number of anilines is 1.